The summed E-state index contributed by atoms with van der Waals surface area (Å²) in [5.41, 5.74) is 6.44. The predicted octanol–water partition coefficient (Wildman–Crippen LogP) is 1.09. The molecule has 3 N–H and O–H groups in total. The molecule has 1 fully saturated rings. The molecule has 4 heteroatoms. The molecule has 0 unspecified atom stereocenters. The number of hydrogen-bond acceptors (Lipinski definition) is 3. The molecule has 0 bridgehead atoms. The monoisotopic (exact) mass is 211 g/mol. The van der Waals surface area contributed by atoms with E-state index in [9.17, 15) is 9.90 Å². The van der Waals surface area contributed by atoms with Gasteiger partial charge in [0.1, 0.15) is 0 Å². The lowest BCUT2D eigenvalue weighted by atomic mass is 9.90. The summed E-state index contributed by atoms with van der Waals surface area (Å²) in [6, 6.07) is 2.00. The van der Waals surface area contributed by atoms with Crippen LogP contribution >= 0.6 is 11.3 Å². The molecule has 1 heterocycles. The van der Waals surface area contributed by atoms with Gasteiger partial charge in [-0.2, -0.15) is 11.3 Å². The first-order valence-electron chi connectivity index (χ1n) is 4.68. The zero-order valence-electron chi connectivity index (χ0n) is 7.72. The van der Waals surface area contributed by atoms with Gasteiger partial charge in [-0.05, 0) is 41.1 Å². The van der Waals surface area contributed by atoms with Gasteiger partial charge in [0.2, 0.25) is 5.91 Å². The topological polar surface area (TPSA) is 63.3 Å². The molecule has 1 aromatic rings. The van der Waals surface area contributed by atoms with Crippen LogP contribution in [-0.2, 0) is 4.79 Å². The lowest BCUT2D eigenvalue weighted by molar-refractivity contribution is -0.122. The van der Waals surface area contributed by atoms with Crippen LogP contribution in [0.5, 0.6) is 0 Å². The van der Waals surface area contributed by atoms with Crippen molar-refractivity contribution in [2.45, 2.75) is 24.9 Å². The van der Waals surface area contributed by atoms with Crippen LogP contribution in [0, 0.1) is 5.92 Å². The number of carbonyl (C=O) groups is 1. The Morgan fingerprint density at radius 3 is 2.93 bits per heavy atom. The molecule has 0 aliphatic heterocycles. The van der Waals surface area contributed by atoms with Crippen LogP contribution < -0.4 is 5.73 Å². The molecule has 0 radical (unpaired) electrons. The number of hydrogen-bond donors (Lipinski definition) is 2. The molecule has 1 aliphatic rings. The highest BCUT2D eigenvalue weighted by molar-refractivity contribution is 7.08. The zero-order valence-corrected chi connectivity index (χ0v) is 8.54. The summed E-state index contributed by atoms with van der Waals surface area (Å²) in [5.74, 6) is -0.369. The van der Waals surface area contributed by atoms with E-state index in [0.29, 0.717) is 12.8 Å². The summed E-state index contributed by atoms with van der Waals surface area (Å²) in [7, 11) is 0. The highest BCUT2D eigenvalue weighted by Gasteiger charge is 2.37. The summed E-state index contributed by atoms with van der Waals surface area (Å²) in [4.78, 5) is 11.2. The first-order chi connectivity index (χ1) is 6.68. The summed E-state index contributed by atoms with van der Waals surface area (Å²) >= 11 is 1.61. The molecule has 0 saturated heterocycles. The Morgan fingerprint density at radius 1 is 1.57 bits per heavy atom. The fourth-order valence-electron chi connectivity index (χ4n) is 2.18. The van der Waals surface area contributed by atoms with Gasteiger partial charge in [-0.3, -0.25) is 4.79 Å². The minimum absolute atomic E-state index is 0.119. The standard InChI is InChI=1S/C10H13NO2S/c11-10(13)9-4-7(12)3-8(9)6-1-2-14-5-6/h1-2,5,7-9,12H,3-4H2,(H2,11,13)/t7-,8+,9+/m1/s1. The van der Waals surface area contributed by atoms with E-state index in [2.05, 4.69) is 0 Å². The van der Waals surface area contributed by atoms with Gasteiger partial charge in [0.05, 0.1) is 6.10 Å². The van der Waals surface area contributed by atoms with E-state index < -0.39 is 0 Å². The quantitative estimate of drug-likeness (QED) is 0.769. The molecule has 1 aromatic heterocycles. The smallest absolute Gasteiger partial charge is 0.221 e. The van der Waals surface area contributed by atoms with Crippen LogP contribution in [-0.4, -0.2) is 17.1 Å². The van der Waals surface area contributed by atoms with Gasteiger partial charge in [0.25, 0.3) is 0 Å². The van der Waals surface area contributed by atoms with Gasteiger partial charge in [-0.25, -0.2) is 0 Å². The molecule has 3 atom stereocenters. The third-order valence-corrected chi connectivity index (χ3v) is 3.58. The average Bonchev–Trinajstić information content (AvgIpc) is 2.70. The summed E-state index contributed by atoms with van der Waals surface area (Å²) in [5, 5.41) is 13.5. The van der Waals surface area contributed by atoms with Crippen molar-refractivity contribution < 1.29 is 9.90 Å². The average molecular weight is 211 g/mol. The van der Waals surface area contributed by atoms with Crippen molar-refractivity contribution in [2.24, 2.45) is 11.7 Å². The summed E-state index contributed by atoms with van der Waals surface area (Å²) in [6.45, 7) is 0. The number of carbonyl (C=O) groups excluding carboxylic acids is 1. The normalized spacial score (nSPS) is 31.9. The highest BCUT2D eigenvalue weighted by Crippen LogP contribution is 2.40. The van der Waals surface area contributed by atoms with Crippen molar-refractivity contribution in [2.75, 3.05) is 0 Å². The van der Waals surface area contributed by atoms with Crippen molar-refractivity contribution in [1.29, 1.82) is 0 Å². The molecular formula is C10H13NO2S. The second kappa shape index (κ2) is 3.71. The predicted molar refractivity (Wildman–Crippen MR) is 55.0 cm³/mol. The summed E-state index contributed by atoms with van der Waals surface area (Å²) in [6.07, 6.45) is 0.789. The van der Waals surface area contributed by atoms with Crippen LogP contribution in [0.25, 0.3) is 0 Å². The van der Waals surface area contributed by atoms with Crippen LogP contribution in [0.3, 0.4) is 0 Å². The first kappa shape index (κ1) is 9.68. The van der Waals surface area contributed by atoms with Gasteiger partial charge in [-0.15, -0.1) is 0 Å². The second-order valence-corrected chi connectivity index (χ2v) is 4.58. The van der Waals surface area contributed by atoms with Crippen LogP contribution in [0.2, 0.25) is 0 Å². The molecule has 1 saturated carbocycles. The second-order valence-electron chi connectivity index (χ2n) is 3.80. The molecule has 76 valence electrons. The number of nitrogens with two attached hydrogens (primary N) is 1. The minimum Gasteiger partial charge on any atom is -0.393 e. The first-order valence-corrected chi connectivity index (χ1v) is 5.62. The largest absolute Gasteiger partial charge is 0.393 e. The number of aliphatic hydroxyl groups excluding tert-OH is 1. The zero-order chi connectivity index (χ0) is 10.1. The van der Waals surface area contributed by atoms with E-state index in [1.807, 2.05) is 16.8 Å². The van der Waals surface area contributed by atoms with E-state index in [0.717, 1.165) is 5.56 Å². The Morgan fingerprint density at radius 2 is 2.36 bits per heavy atom. The lowest BCUT2D eigenvalue weighted by Crippen LogP contribution is -2.25. The lowest BCUT2D eigenvalue weighted by Gasteiger charge is -2.14. The number of amides is 1. The molecule has 1 amide bonds. The van der Waals surface area contributed by atoms with E-state index >= 15 is 0 Å². The molecule has 14 heavy (non-hydrogen) atoms. The Balaban J connectivity index is 2.21. The van der Waals surface area contributed by atoms with Crippen LogP contribution in [0.1, 0.15) is 24.3 Å². The SMILES string of the molecule is NC(=O)[C@H]1C[C@H](O)C[C@H]1c1ccsc1. The van der Waals surface area contributed by atoms with Gasteiger partial charge in [0, 0.05) is 5.92 Å². The van der Waals surface area contributed by atoms with Gasteiger partial charge in [-0.1, -0.05) is 0 Å². The van der Waals surface area contributed by atoms with Gasteiger partial charge in [0.15, 0.2) is 0 Å². The van der Waals surface area contributed by atoms with Gasteiger partial charge >= 0.3 is 0 Å². The van der Waals surface area contributed by atoms with Crippen molar-refractivity contribution in [1.82, 2.24) is 0 Å². The Hall–Kier alpha value is -0.870. The van der Waals surface area contributed by atoms with Crippen LogP contribution in [0.15, 0.2) is 16.8 Å². The molecule has 0 aromatic carbocycles. The number of rotatable bonds is 2. The highest BCUT2D eigenvalue weighted by atomic mass is 32.1. The molecule has 3 nitrogen and oxygen atoms in total. The fourth-order valence-corrected chi connectivity index (χ4v) is 2.90. The third-order valence-electron chi connectivity index (χ3n) is 2.87. The molecular weight excluding hydrogens is 198 g/mol. The fraction of sp³-hybridized carbons (Fsp3) is 0.500. The summed E-state index contributed by atoms with van der Waals surface area (Å²) < 4.78 is 0. The van der Waals surface area contributed by atoms with Gasteiger partial charge < -0.3 is 10.8 Å². The van der Waals surface area contributed by atoms with Crippen molar-refractivity contribution in [3.63, 3.8) is 0 Å². The van der Waals surface area contributed by atoms with Crippen molar-refractivity contribution in [3.8, 4) is 0 Å². The number of primary amides is 1. The van der Waals surface area contributed by atoms with Crippen molar-refractivity contribution >= 4 is 17.2 Å². The maximum Gasteiger partial charge on any atom is 0.221 e. The Kier molecular flexibility index (Phi) is 2.56. The van der Waals surface area contributed by atoms with E-state index in [-0.39, 0.29) is 23.8 Å². The minimum atomic E-state index is -0.377. The Bertz CT molecular complexity index is 323. The maximum absolute atomic E-state index is 11.2. The maximum atomic E-state index is 11.2. The van der Waals surface area contributed by atoms with Crippen molar-refractivity contribution in [3.05, 3.63) is 22.4 Å². The van der Waals surface area contributed by atoms with Crippen LogP contribution in [0.4, 0.5) is 0 Å². The Labute approximate surface area is 86.6 Å². The molecule has 0 spiro atoms. The molecule has 2 rings (SSSR count). The third kappa shape index (κ3) is 1.67. The number of aliphatic hydroxyl groups is 1. The van der Waals surface area contributed by atoms with E-state index in [1.54, 1.807) is 11.3 Å². The number of thiophene rings is 1. The van der Waals surface area contributed by atoms with E-state index in [1.165, 1.54) is 0 Å². The van der Waals surface area contributed by atoms with E-state index in [4.69, 9.17) is 5.73 Å². The molecule has 1 aliphatic carbocycles.